The Kier molecular flexibility index (Phi) is 4.70. The molecule has 1 nitrogen and oxygen atoms in total. The van der Waals surface area contributed by atoms with Gasteiger partial charge < -0.3 is 5.11 Å². The molecule has 16 heavy (non-hydrogen) atoms. The lowest BCUT2D eigenvalue weighted by Crippen LogP contribution is -2.32. The first kappa shape index (κ1) is 13.9. The molecule has 2 unspecified atom stereocenters. The highest BCUT2D eigenvalue weighted by Gasteiger charge is 2.34. The highest BCUT2D eigenvalue weighted by molar-refractivity contribution is 9.09. The first-order valence-corrected chi connectivity index (χ1v) is 6.35. The molecule has 2 atom stereocenters. The SMILES string of the molecule is CC#CC(O)(c1ccc(Cl)cc1Cl)C(C)Br. The normalized spacial score (nSPS) is 15.9. The van der Waals surface area contributed by atoms with Crippen LogP contribution < -0.4 is 0 Å². The first-order chi connectivity index (χ1) is 7.41. The van der Waals surface area contributed by atoms with Crippen molar-refractivity contribution >= 4 is 39.1 Å². The summed E-state index contributed by atoms with van der Waals surface area (Å²) in [6, 6.07) is 4.96. The summed E-state index contributed by atoms with van der Waals surface area (Å²) in [4.78, 5) is -0.244. The Morgan fingerprint density at radius 2 is 2.06 bits per heavy atom. The molecule has 1 aromatic rings. The van der Waals surface area contributed by atoms with Gasteiger partial charge in [-0.2, -0.15) is 0 Å². The Morgan fingerprint density at radius 3 is 2.50 bits per heavy atom. The van der Waals surface area contributed by atoms with Crippen molar-refractivity contribution in [3.8, 4) is 11.8 Å². The molecule has 0 fully saturated rings. The number of alkyl halides is 1. The maximum atomic E-state index is 10.5. The molecule has 86 valence electrons. The van der Waals surface area contributed by atoms with Crippen molar-refractivity contribution in [2.45, 2.75) is 24.3 Å². The maximum absolute atomic E-state index is 10.5. The molecule has 1 aromatic carbocycles. The third kappa shape index (κ3) is 2.73. The second-order valence-corrected chi connectivity index (χ2v) is 5.60. The summed E-state index contributed by atoms with van der Waals surface area (Å²) < 4.78 is 0. The summed E-state index contributed by atoms with van der Waals surface area (Å²) in [6.45, 7) is 3.49. The van der Waals surface area contributed by atoms with Gasteiger partial charge >= 0.3 is 0 Å². The van der Waals surface area contributed by atoms with Crippen molar-refractivity contribution in [3.05, 3.63) is 33.8 Å². The van der Waals surface area contributed by atoms with E-state index in [1.165, 1.54) is 0 Å². The molecule has 0 aliphatic carbocycles. The average molecular weight is 322 g/mol. The number of halogens is 3. The molecule has 0 heterocycles. The van der Waals surface area contributed by atoms with E-state index in [1.54, 1.807) is 25.1 Å². The fourth-order valence-corrected chi connectivity index (χ4v) is 2.28. The van der Waals surface area contributed by atoms with E-state index in [4.69, 9.17) is 23.2 Å². The van der Waals surface area contributed by atoms with Gasteiger partial charge in [0.1, 0.15) is 0 Å². The van der Waals surface area contributed by atoms with Crippen molar-refractivity contribution in [2.75, 3.05) is 0 Å². The predicted molar refractivity (Wildman–Crippen MR) is 72.2 cm³/mol. The Morgan fingerprint density at radius 1 is 1.44 bits per heavy atom. The average Bonchev–Trinajstić information content (AvgIpc) is 2.17. The zero-order valence-electron chi connectivity index (χ0n) is 8.89. The molecular formula is C12H11BrCl2O. The molecule has 0 radical (unpaired) electrons. The number of hydrogen-bond acceptors (Lipinski definition) is 1. The smallest absolute Gasteiger partial charge is 0.164 e. The minimum Gasteiger partial charge on any atom is -0.372 e. The fraction of sp³-hybridized carbons (Fsp3) is 0.333. The molecule has 0 saturated heterocycles. The van der Waals surface area contributed by atoms with Crippen molar-refractivity contribution < 1.29 is 5.11 Å². The van der Waals surface area contributed by atoms with Gasteiger partial charge in [-0.3, -0.25) is 0 Å². The third-order valence-electron chi connectivity index (χ3n) is 2.23. The van der Waals surface area contributed by atoms with Gasteiger partial charge in [0.25, 0.3) is 0 Å². The van der Waals surface area contributed by atoms with Gasteiger partial charge in [0.2, 0.25) is 0 Å². The molecule has 1 N–H and O–H groups in total. The molecule has 0 amide bonds. The molecular weight excluding hydrogens is 311 g/mol. The summed E-state index contributed by atoms with van der Waals surface area (Å²) in [5, 5.41) is 11.4. The Hall–Kier alpha value is -0.200. The number of aliphatic hydroxyl groups is 1. The predicted octanol–water partition coefficient (Wildman–Crippen LogP) is 3.99. The van der Waals surface area contributed by atoms with Crippen LogP contribution in [-0.4, -0.2) is 9.93 Å². The minimum absolute atomic E-state index is 0.244. The lowest BCUT2D eigenvalue weighted by atomic mass is 9.91. The van der Waals surface area contributed by atoms with Crippen molar-refractivity contribution in [1.29, 1.82) is 0 Å². The Balaban J connectivity index is 3.36. The number of hydrogen-bond donors (Lipinski definition) is 1. The maximum Gasteiger partial charge on any atom is 0.164 e. The quantitative estimate of drug-likeness (QED) is 0.645. The van der Waals surface area contributed by atoms with Crippen LogP contribution >= 0.6 is 39.1 Å². The van der Waals surface area contributed by atoms with E-state index in [0.717, 1.165) is 0 Å². The summed E-state index contributed by atoms with van der Waals surface area (Å²) in [6.07, 6.45) is 0. The Bertz CT molecular complexity index is 448. The van der Waals surface area contributed by atoms with Crippen molar-refractivity contribution in [3.63, 3.8) is 0 Å². The van der Waals surface area contributed by atoms with Gasteiger partial charge in [-0.15, -0.1) is 5.92 Å². The van der Waals surface area contributed by atoms with Gasteiger partial charge in [-0.05, 0) is 26.0 Å². The molecule has 0 bridgehead atoms. The molecule has 0 spiro atoms. The summed E-state index contributed by atoms with van der Waals surface area (Å²) in [5.74, 6) is 5.47. The van der Waals surface area contributed by atoms with Crippen molar-refractivity contribution in [2.24, 2.45) is 0 Å². The first-order valence-electron chi connectivity index (χ1n) is 4.67. The van der Waals surface area contributed by atoms with Gasteiger partial charge in [0, 0.05) is 15.6 Å². The molecule has 0 aliphatic heterocycles. The van der Waals surface area contributed by atoms with Crippen LogP contribution in [0.4, 0.5) is 0 Å². The molecule has 4 heteroatoms. The van der Waals surface area contributed by atoms with Crippen LogP contribution in [-0.2, 0) is 5.60 Å². The van der Waals surface area contributed by atoms with Crippen LogP contribution in [0, 0.1) is 11.8 Å². The van der Waals surface area contributed by atoms with Gasteiger partial charge in [0.05, 0.1) is 4.83 Å². The lowest BCUT2D eigenvalue weighted by molar-refractivity contribution is 0.104. The highest BCUT2D eigenvalue weighted by Crippen LogP contribution is 2.35. The lowest BCUT2D eigenvalue weighted by Gasteiger charge is -2.26. The largest absolute Gasteiger partial charge is 0.372 e. The molecule has 0 saturated carbocycles. The number of rotatable bonds is 2. The second-order valence-electron chi connectivity index (χ2n) is 3.38. The van der Waals surface area contributed by atoms with Crippen molar-refractivity contribution in [1.82, 2.24) is 0 Å². The zero-order chi connectivity index (χ0) is 12.3. The van der Waals surface area contributed by atoms with E-state index in [9.17, 15) is 5.11 Å². The second kappa shape index (κ2) is 5.42. The molecule has 0 aromatic heterocycles. The molecule has 1 rings (SSSR count). The van der Waals surface area contributed by atoms with Crippen LogP contribution in [0.15, 0.2) is 18.2 Å². The summed E-state index contributed by atoms with van der Waals surface area (Å²) >= 11 is 15.2. The van der Waals surface area contributed by atoms with E-state index in [-0.39, 0.29) is 4.83 Å². The van der Waals surface area contributed by atoms with E-state index in [2.05, 4.69) is 27.8 Å². The van der Waals surface area contributed by atoms with Crippen LogP contribution in [0.25, 0.3) is 0 Å². The minimum atomic E-state index is -1.31. The standard InChI is InChI=1S/C12H11BrCl2O/c1-3-6-12(16,8(2)13)10-5-4-9(14)7-11(10)15/h4-5,7-8,16H,1-2H3. The van der Waals surface area contributed by atoms with Crippen LogP contribution in [0.2, 0.25) is 10.0 Å². The van der Waals surface area contributed by atoms with Gasteiger partial charge in [-0.1, -0.05) is 51.1 Å². The van der Waals surface area contributed by atoms with Crippen LogP contribution in [0.1, 0.15) is 19.4 Å². The highest BCUT2D eigenvalue weighted by atomic mass is 79.9. The van der Waals surface area contributed by atoms with Crippen LogP contribution in [0.3, 0.4) is 0 Å². The third-order valence-corrected chi connectivity index (χ3v) is 3.44. The Labute approximate surface area is 114 Å². The zero-order valence-corrected chi connectivity index (χ0v) is 12.0. The van der Waals surface area contributed by atoms with Gasteiger partial charge in [-0.25, -0.2) is 0 Å². The van der Waals surface area contributed by atoms with Gasteiger partial charge in [0.15, 0.2) is 5.60 Å². The topological polar surface area (TPSA) is 20.2 Å². The molecule has 0 aliphatic rings. The summed E-state index contributed by atoms with van der Waals surface area (Å²) in [5.41, 5.74) is -0.756. The fourth-order valence-electron chi connectivity index (χ4n) is 1.37. The van der Waals surface area contributed by atoms with E-state index < -0.39 is 5.60 Å². The van der Waals surface area contributed by atoms with Crippen LogP contribution in [0.5, 0.6) is 0 Å². The summed E-state index contributed by atoms with van der Waals surface area (Å²) in [7, 11) is 0. The van der Waals surface area contributed by atoms with E-state index >= 15 is 0 Å². The monoisotopic (exact) mass is 320 g/mol. The van der Waals surface area contributed by atoms with E-state index in [1.807, 2.05) is 6.92 Å². The number of benzene rings is 1. The van der Waals surface area contributed by atoms with E-state index in [0.29, 0.717) is 15.6 Å².